The van der Waals surface area contributed by atoms with Crippen molar-refractivity contribution < 1.29 is 9.47 Å². The average molecular weight is 395 g/mol. The number of nitrogens with zero attached hydrogens (tertiary/aromatic N) is 3. The summed E-state index contributed by atoms with van der Waals surface area (Å²) in [6.07, 6.45) is 10.6. The highest BCUT2D eigenvalue weighted by atomic mass is 16.5. The molecular formula is C23H30N4O2. The van der Waals surface area contributed by atoms with Gasteiger partial charge in [-0.05, 0) is 56.6 Å². The Hall–Kier alpha value is -2.23. The second-order valence-electron chi connectivity index (χ2n) is 8.67. The zero-order valence-corrected chi connectivity index (χ0v) is 17.2. The predicted octanol–water partition coefficient (Wildman–Crippen LogP) is 4.04. The third-order valence-electron chi connectivity index (χ3n) is 6.56. The van der Waals surface area contributed by atoms with E-state index in [0.29, 0.717) is 24.7 Å². The van der Waals surface area contributed by atoms with E-state index in [1.807, 2.05) is 12.1 Å². The monoisotopic (exact) mass is 394 g/mol. The smallest absolute Gasteiger partial charge is 0.213 e. The number of pyridine rings is 2. The van der Waals surface area contributed by atoms with Gasteiger partial charge in [0.1, 0.15) is 6.07 Å². The molecule has 2 aromatic heterocycles. The molecule has 2 aromatic rings. The van der Waals surface area contributed by atoms with Crippen molar-refractivity contribution in [1.29, 1.82) is 5.26 Å². The highest BCUT2D eigenvalue weighted by Gasteiger charge is 2.47. The first-order valence-corrected chi connectivity index (χ1v) is 10.8. The van der Waals surface area contributed by atoms with Crippen LogP contribution in [0.1, 0.15) is 69.4 Å². The van der Waals surface area contributed by atoms with E-state index in [2.05, 4.69) is 18.0 Å². The van der Waals surface area contributed by atoms with Crippen LogP contribution < -0.4 is 10.5 Å². The Bertz CT molecular complexity index is 896. The van der Waals surface area contributed by atoms with E-state index in [1.165, 1.54) is 0 Å². The molecule has 2 aliphatic heterocycles. The van der Waals surface area contributed by atoms with Crippen LogP contribution in [-0.4, -0.2) is 34.3 Å². The predicted molar refractivity (Wildman–Crippen MR) is 112 cm³/mol. The minimum Gasteiger partial charge on any atom is -0.478 e. The molecule has 0 spiro atoms. The summed E-state index contributed by atoms with van der Waals surface area (Å²) in [7, 11) is 0. The molecule has 0 aromatic carbocycles. The summed E-state index contributed by atoms with van der Waals surface area (Å²) in [5.74, 6) is 0.601. The van der Waals surface area contributed by atoms with E-state index in [-0.39, 0.29) is 11.1 Å². The molecule has 1 aliphatic carbocycles. The summed E-state index contributed by atoms with van der Waals surface area (Å²) in [5, 5.41) is 9.65. The van der Waals surface area contributed by atoms with Crippen LogP contribution in [0, 0.1) is 11.3 Å². The molecule has 0 radical (unpaired) electrons. The van der Waals surface area contributed by atoms with Crippen LogP contribution in [0.5, 0.6) is 5.88 Å². The van der Waals surface area contributed by atoms with Gasteiger partial charge in [0, 0.05) is 17.8 Å². The fraction of sp³-hybridized carbons (Fsp3) is 0.609. The molecule has 0 amide bonds. The highest BCUT2D eigenvalue weighted by Crippen LogP contribution is 2.45. The lowest BCUT2D eigenvalue weighted by Crippen LogP contribution is -2.59. The maximum absolute atomic E-state index is 9.65. The third kappa shape index (κ3) is 4.22. The summed E-state index contributed by atoms with van der Waals surface area (Å²) < 4.78 is 12.0. The molecule has 3 fully saturated rings. The van der Waals surface area contributed by atoms with Crippen molar-refractivity contribution in [2.75, 3.05) is 13.2 Å². The van der Waals surface area contributed by atoms with E-state index in [4.69, 9.17) is 20.2 Å². The van der Waals surface area contributed by atoms with Crippen molar-refractivity contribution in [2.45, 2.75) is 75.9 Å². The number of aromatic nitrogens is 2. The first-order chi connectivity index (χ1) is 14.1. The van der Waals surface area contributed by atoms with Crippen LogP contribution in [0.15, 0.2) is 18.3 Å². The van der Waals surface area contributed by atoms with Gasteiger partial charge in [-0.15, -0.1) is 0 Å². The second kappa shape index (κ2) is 8.25. The Morgan fingerprint density at radius 1 is 1.24 bits per heavy atom. The zero-order valence-electron chi connectivity index (χ0n) is 17.2. The van der Waals surface area contributed by atoms with Crippen LogP contribution in [-0.2, 0) is 11.2 Å². The number of unbranched alkanes of at least 4 members (excludes halogenated alkanes) is 2. The molecule has 6 heteroatoms. The molecule has 2 saturated heterocycles. The van der Waals surface area contributed by atoms with E-state index in [0.717, 1.165) is 74.4 Å². The quantitative estimate of drug-likeness (QED) is 0.679. The summed E-state index contributed by atoms with van der Waals surface area (Å²) >= 11 is 0. The Morgan fingerprint density at radius 2 is 2.07 bits per heavy atom. The van der Waals surface area contributed by atoms with Crippen molar-refractivity contribution in [2.24, 2.45) is 5.73 Å². The fourth-order valence-electron chi connectivity index (χ4n) is 4.52. The maximum Gasteiger partial charge on any atom is 0.213 e. The van der Waals surface area contributed by atoms with Gasteiger partial charge < -0.3 is 15.2 Å². The molecule has 5 rings (SSSR count). The first-order valence-electron chi connectivity index (χ1n) is 10.8. The van der Waals surface area contributed by atoms with Gasteiger partial charge in [-0.25, -0.2) is 4.98 Å². The van der Waals surface area contributed by atoms with Crippen molar-refractivity contribution in [3.8, 4) is 11.9 Å². The minimum absolute atomic E-state index is 0.113. The van der Waals surface area contributed by atoms with Crippen LogP contribution >= 0.6 is 0 Å². The SMILES string of the molecule is CCCCCOc1ccc2ncc(C#N)c(CCC34CCC(N)(CC3)CO4)c2n1. The van der Waals surface area contributed by atoms with Gasteiger partial charge >= 0.3 is 0 Å². The van der Waals surface area contributed by atoms with Gasteiger partial charge in [0.2, 0.25) is 5.88 Å². The summed E-state index contributed by atoms with van der Waals surface area (Å²) in [4.78, 5) is 9.14. The first kappa shape index (κ1) is 20.1. The summed E-state index contributed by atoms with van der Waals surface area (Å²) in [5.41, 5.74) is 9.22. The zero-order chi connectivity index (χ0) is 20.3. The number of nitriles is 1. The second-order valence-corrected chi connectivity index (χ2v) is 8.67. The van der Waals surface area contributed by atoms with E-state index >= 15 is 0 Å². The number of aryl methyl sites for hydroxylation is 1. The van der Waals surface area contributed by atoms with E-state index in [1.54, 1.807) is 6.20 Å². The lowest BCUT2D eigenvalue weighted by Gasteiger charge is -2.51. The van der Waals surface area contributed by atoms with Gasteiger partial charge in [0.15, 0.2) is 0 Å². The largest absolute Gasteiger partial charge is 0.478 e. The Kier molecular flexibility index (Phi) is 5.71. The highest BCUT2D eigenvalue weighted by molar-refractivity contribution is 5.80. The standard InChI is InChI=1S/C23H30N4O2/c1-2-3-4-13-28-20-6-5-19-21(27-20)18(17(14-24)15-26-19)7-8-23-11-9-22(25,10-12-23)16-29-23/h5-6,15H,2-4,7-13,16,25H2,1H3. The van der Waals surface area contributed by atoms with Crippen LogP contribution in [0.25, 0.3) is 11.0 Å². The van der Waals surface area contributed by atoms with Gasteiger partial charge in [0.05, 0.1) is 35.4 Å². The molecule has 1 saturated carbocycles. The molecule has 6 nitrogen and oxygen atoms in total. The van der Waals surface area contributed by atoms with Crippen LogP contribution in [0.3, 0.4) is 0 Å². The third-order valence-corrected chi connectivity index (χ3v) is 6.56. The number of ether oxygens (including phenoxy) is 2. The Morgan fingerprint density at radius 3 is 2.76 bits per heavy atom. The topological polar surface area (TPSA) is 94.0 Å². The van der Waals surface area contributed by atoms with E-state index in [9.17, 15) is 5.26 Å². The molecule has 0 unspecified atom stereocenters. The van der Waals surface area contributed by atoms with Crippen molar-refractivity contribution in [3.63, 3.8) is 0 Å². The molecule has 154 valence electrons. The molecule has 0 atom stereocenters. The van der Waals surface area contributed by atoms with Crippen LogP contribution in [0.4, 0.5) is 0 Å². The molecule has 2 bridgehead atoms. The molecular weight excluding hydrogens is 364 g/mol. The van der Waals surface area contributed by atoms with Crippen LogP contribution in [0.2, 0.25) is 0 Å². The molecule has 29 heavy (non-hydrogen) atoms. The molecule has 4 heterocycles. The normalized spacial score (nSPS) is 25.8. The van der Waals surface area contributed by atoms with Gasteiger partial charge in [-0.3, -0.25) is 4.98 Å². The molecule has 3 aliphatic rings. The number of hydrogen-bond donors (Lipinski definition) is 1. The Labute approximate surface area is 172 Å². The Balaban J connectivity index is 1.56. The van der Waals surface area contributed by atoms with Crippen molar-refractivity contribution in [3.05, 3.63) is 29.5 Å². The van der Waals surface area contributed by atoms with Gasteiger partial charge in [-0.1, -0.05) is 19.8 Å². The van der Waals surface area contributed by atoms with Crippen molar-refractivity contribution >= 4 is 11.0 Å². The number of fused-ring (bicyclic) bond motifs is 4. The number of rotatable bonds is 8. The minimum atomic E-state index is -0.130. The van der Waals surface area contributed by atoms with Crippen molar-refractivity contribution in [1.82, 2.24) is 9.97 Å². The lowest BCUT2D eigenvalue weighted by molar-refractivity contribution is -0.156. The lowest BCUT2D eigenvalue weighted by atomic mass is 9.70. The summed E-state index contributed by atoms with van der Waals surface area (Å²) in [6, 6.07) is 6.09. The van der Waals surface area contributed by atoms with Gasteiger partial charge in [-0.2, -0.15) is 5.26 Å². The maximum atomic E-state index is 9.65. The number of nitrogens with two attached hydrogens (primary N) is 1. The fourth-order valence-corrected chi connectivity index (χ4v) is 4.52. The average Bonchev–Trinajstić information content (AvgIpc) is 2.76. The molecule has 2 N–H and O–H groups in total. The number of hydrogen-bond acceptors (Lipinski definition) is 6. The summed E-state index contributed by atoms with van der Waals surface area (Å²) in [6.45, 7) is 3.47. The van der Waals surface area contributed by atoms with E-state index < -0.39 is 0 Å². The van der Waals surface area contributed by atoms with Gasteiger partial charge in [0.25, 0.3) is 0 Å².